The Morgan fingerprint density at radius 2 is 1.67 bits per heavy atom. The fourth-order valence-electron chi connectivity index (χ4n) is 0.720. The molecule has 7 heteroatoms. The molecule has 0 aromatic rings. The van der Waals surface area contributed by atoms with Gasteiger partial charge in [-0.05, 0) is 13.3 Å². The van der Waals surface area contributed by atoms with Crippen LogP contribution in [0.4, 0.5) is 0 Å². The molecule has 0 spiro atoms. The zero-order valence-corrected chi connectivity index (χ0v) is 7.71. The number of aliphatic hydroxyl groups is 1. The van der Waals surface area contributed by atoms with E-state index in [-0.39, 0.29) is 12.2 Å². The average Bonchev–Trinajstić information content (AvgIpc) is 2.12. The van der Waals surface area contributed by atoms with E-state index in [2.05, 4.69) is 0 Å². The third-order valence-electron chi connectivity index (χ3n) is 1.34. The molecule has 74 valence electrons. The molecule has 2 unspecified atom stereocenters. The lowest BCUT2D eigenvalue weighted by atomic mass is 10.2. The summed E-state index contributed by atoms with van der Waals surface area (Å²) in [5.41, 5.74) is 0. The molecule has 1 saturated heterocycles. The summed E-state index contributed by atoms with van der Waals surface area (Å²) < 4.78 is 5.02. The lowest BCUT2D eigenvalue weighted by Gasteiger charge is -2.03. The Morgan fingerprint density at radius 1 is 1.25 bits per heavy atom. The van der Waals surface area contributed by atoms with Gasteiger partial charge in [-0.3, -0.25) is 0 Å². The molecule has 1 aliphatic heterocycles. The van der Waals surface area contributed by atoms with Crippen molar-refractivity contribution in [2.45, 2.75) is 25.6 Å². The zero-order chi connectivity index (χ0) is 9.78. The van der Waals surface area contributed by atoms with Crippen LogP contribution in [0.2, 0.25) is 0 Å². The highest BCUT2D eigenvalue weighted by Crippen LogP contribution is 2.10. The second-order valence-corrected chi connectivity index (χ2v) is 3.73. The van der Waals surface area contributed by atoms with Crippen molar-refractivity contribution in [1.82, 2.24) is 0 Å². The van der Waals surface area contributed by atoms with Crippen LogP contribution in [0.3, 0.4) is 0 Å². The van der Waals surface area contributed by atoms with Gasteiger partial charge in [-0.2, -0.15) is 0 Å². The Bertz CT molecular complexity index is 110. The van der Waals surface area contributed by atoms with E-state index in [1.165, 1.54) is 0 Å². The van der Waals surface area contributed by atoms with Gasteiger partial charge in [-0.25, -0.2) is 0 Å². The SMILES string of the molecule is CC1OCCC1O.O[Si](O)(O)O. The minimum absolute atomic E-state index is 0.0694. The van der Waals surface area contributed by atoms with Crippen molar-refractivity contribution in [2.24, 2.45) is 0 Å². The fraction of sp³-hybridized carbons (Fsp3) is 1.00. The maximum absolute atomic E-state index is 8.87. The lowest BCUT2D eigenvalue weighted by Crippen LogP contribution is -2.33. The van der Waals surface area contributed by atoms with Crippen LogP contribution >= 0.6 is 0 Å². The van der Waals surface area contributed by atoms with Gasteiger partial charge in [0.25, 0.3) is 0 Å². The highest BCUT2D eigenvalue weighted by Gasteiger charge is 2.22. The van der Waals surface area contributed by atoms with Crippen molar-refractivity contribution in [3.8, 4) is 0 Å². The molecule has 1 rings (SSSR count). The number of hydrogen-bond acceptors (Lipinski definition) is 6. The van der Waals surface area contributed by atoms with Crippen LogP contribution in [0.1, 0.15) is 13.3 Å². The van der Waals surface area contributed by atoms with Crippen LogP contribution in [0, 0.1) is 0 Å². The van der Waals surface area contributed by atoms with Gasteiger partial charge < -0.3 is 29.0 Å². The molecular weight excluding hydrogens is 184 g/mol. The smallest absolute Gasteiger partial charge is 0.390 e. The third-order valence-corrected chi connectivity index (χ3v) is 1.34. The number of rotatable bonds is 0. The van der Waals surface area contributed by atoms with Crippen LogP contribution in [0.5, 0.6) is 0 Å². The first-order valence-electron chi connectivity index (χ1n) is 3.50. The minimum atomic E-state index is -4.61. The standard InChI is InChI=1S/C5H10O2.H4O4Si/c1-4-5(6)2-3-7-4;1-5(2,3)4/h4-6H,2-3H2,1H3;1-4H. The van der Waals surface area contributed by atoms with E-state index in [1.807, 2.05) is 6.92 Å². The maximum Gasteiger partial charge on any atom is 0.668 e. The third kappa shape index (κ3) is 8.08. The molecular formula is C5H14O6Si. The molecule has 1 fully saturated rings. The molecule has 1 aliphatic rings. The summed E-state index contributed by atoms with van der Waals surface area (Å²) in [4.78, 5) is 29.3. The summed E-state index contributed by atoms with van der Waals surface area (Å²) in [6.07, 6.45) is 0.668. The van der Waals surface area contributed by atoms with Crippen LogP contribution in [-0.2, 0) is 4.74 Å². The molecule has 2 atom stereocenters. The summed E-state index contributed by atoms with van der Waals surface area (Å²) in [7, 11) is -4.61. The quantitative estimate of drug-likeness (QED) is 0.276. The molecule has 6 nitrogen and oxygen atoms in total. The summed E-state index contributed by atoms with van der Waals surface area (Å²) in [6.45, 7) is 2.61. The van der Waals surface area contributed by atoms with E-state index in [0.29, 0.717) is 0 Å². The Hall–Kier alpha value is -0.0231. The van der Waals surface area contributed by atoms with E-state index in [1.54, 1.807) is 0 Å². The van der Waals surface area contributed by atoms with Gasteiger partial charge in [-0.1, -0.05) is 0 Å². The fourth-order valence-corrected chi connectivity index (χ4v) is 0.720. The topological polar surface area (TPSA) is 110 Å². The number of ether oxygens (including phenoxy) is 1. The lowest BCUT2D eigenvalue weighted by molar-refractivity contribution is 0.0556. The molecule has 0 saturated carbocycles. The van der Waals surface area contributed by atoms with Crippen LogP contribution in [0.15, 0.2) is 0 Å². The van der Waals surface area contributed by atoms with Crippen molar-refractivity contribution >= 4 is 9.05 Å². The molecule has 5 N–H and O–H groups in total. The Balaban J connectivity index is 0.000000217. The first kappa shape index (κ1) is 12.0. The zero-order valence-electron chi connectivity index (χ0n) is 6.71. The largest absolute Gasteiger partial charge is 0.668 e. The monoisotopic (exact) mass is 198 g/mol. The first-order valence-corrected chi connectivity index (χ1v) is 5.28. The van der Waals surface area contributed by atoms with E-state index >= 15 is 0 Å². The van der Waals surface area contributed by atoms with Crippen molar-refractivity contribution in [3.05, 3.63) is 0 Å². The summed E-state index contributed by atoms with van der Waals surface area (Å²) in [5.74, 6) is 0. The van der Waals surface area contributed by atoms with Gasteiger partial charge in [0.05, 0.1) is 12.2 Å². The van der Waals surface area contributed by atoms with Gasteiger partial charge >= 0.3 is 9.05 Å². The molecule has 12 heavy (non-hydrogen) atoms. The molecule has 0 bridgehead atoms. The van der Waals surface area contributed by atoms with Gasteiger partial charge in [0.1, 0.15) is 0 Å². The highest BCUT2D eigenvalue weighted by atomic mass is 28.4. The Morgan fingerprint density at radius 3 is 1.75 bits per heavy atom. The molecule has 0 radical (unpaired) electrons. The second-order valence-electron chi connectivity index (χ2n) is 2.53. The second kappa shape index (κ2) is 4.87. The van der Waals surface area contributed by atoms with Crippen LogP contribution in [-0.4, -0.2) is 52.2 Å². The van der Waals surface area contributed by atoms with Crippen molar-refractivity contribution in [2.75, 3.05) is 6.61 Å². The minimum Gasteiger partial charge on any atom is -0.390 e. The normalized spacial score (nSPS) is 29.5. The number of hydrogen-bond donors (Lipinski definition) is 5. The van der Waals surface area contributed by atoms with Gasteiger partial charge in [-0.15, -0.1) is 0 Å². The van der Waals surface area contributed by atoms with E-state index in [4.69, 9.17) is 29.0 Å². The summed E-state index contributed by atoms with van der Waals surface area (Å²) in [6, 6.07) is 0. The predicted molar refractivity (Wildman–Crippen MR) is 40.7 cm³/mol. The van der Waals surface area contributed by atoms with Crippen LogP contribution in [0.25, 0.3) is 0 Å². The maximum atomic E-state index is 8.87. The van der Waals surface area contributed by atoms with Crippen molar-refractivity contribution in [1.29, 1.82) is 0 Å². The van der Waals surface area contributed by atoms with E-state index in [9.17, 15) is 0 Å². The van der Waals surface area contributed by atoms with Crippen molar-refractivity contribution in [3.63, 3.8) is 0 Å². The molecule has 0 amide bonds. The summed E-state index contributed by atoms with van der Waals surface area (Å²) >= 11 is 0. The predicted octanol–water partition coefficient (Wildman–Crippen LogP) is -2.45. The van der Waals surface area contributed by atoms with Crippen molar-refractivity contribution < 1.29 is 29.0 Å². The van der Waals surface area contributed by atoms with E-state index in [0.717, 1.165) is 13.0 Å². The van der Waals surface area contributed by atoms with Gasteiger partial charge in [0.15, 0.2) is 0 Å². The first-order chi connectivity index (χ1) is 5.30. The Labute approximate surface area is 71.2 Å². The van der Waals surface area contributed by atoms with Crippen LogP contribution < -0.4 is 0 Å². The Kier molecular flexibility index (Phi) is 4.86. The van der Waals surface area contributed by atoms with Gasteiger partial charge in [0, 0.05) is 6.61 Å². The average molecular weight is 198 g/mol. The molecule has 0 aromatic carbocycles. The summed E-state index contributed by atoms with van der Waals surface area (Å²) in [5, 5.41) is 8.87. The number of aliphatic hydroxyl groups excluding tert-OH is 1. The van der Waals surface area contributed by atoms with Gasteiger partial charge in [0.2, 0.25) is 0 Å². The molecule has 1 heterocycles. The van der Waals surface area contributed by atoms with E-state index < -0.39 is 9.05 Å². The molecule has 0 aromatic heterocycles. The highest BCUT2D eigenvalue weighted by molar-refractivity contribution is 6.46. The molecule has 0 aliphatic carbocycles.